The van der Waals surface area contributed by atoms with Crippen LogP contribution < -0.4 is 5.32 Å². The SMILES string of the molecule is C[C@H]1[C@H](F)[C@H](n2cnc3c(NC(=O)c4ccccc4)ncnc32)O[C@@H]1C(=O)O. The van der Waals surface area contributed by atoms with Crippen molar-refractivity contribution in [3.8, 4) is 0 Å². The number of hydrogen-bond donors (Lipinski definition) is 2. The molecule has 1 fully saturated rings. The number of hydrogen-bond acceptors (Lipinski definition) is 6. The average Bonchev–Trinajstić information content (AvgIpc) is 3.25. The number of aliphatic carboxylic acids is 1. The number of imidazole rings is 1. The van der Waals surface area contributed by atoms with E-state index >= 15 is 0 Å². The van der Waals surface area contributed by atoms with Crippen LogP contribution in [-0.4, -0.2) is 48.8 Å². The van der Waals surface area contributed by atoms with E-state index in [1.165, 1.54) is 24.1 Å². The summed E-state index contributed by atoms with van der Waals surface area (Å²) in [5.74, 6) is -2.28. The minimum atomic E-state index is -1.56. The Kier molecular flexibility index (Phi) is 4.47. The van der Waals surface area contributed by atoms with Gasteiger partial charge in [-0.1, -0.05) is 25.1 Å². The van der Waals surface area contributed by atoms with E-state index in [1.807, 2.05) is 0 Å². The maximum Gasteiger partial charge on any atom is 0.333 e. The molecule has 1 saturated heterocycles. The molecule has 2 aromatic heterocycles. The van der Waals surface area contributed by atoms with Crippen LogP contribution in [0.4, 0.5) is 10.2 Å². The van der Waals surface area contributed by atoms with Crippen LogP contribution in [0.2, 0.25) is 0 Å². The minimum Gasteiger partial charge on any atom is -0.479 e. The maximum atomic E-state index is 14.7. The van der Waals surface area contributed by atoms with Gasteiger partial charge in [0.2, 0.25) is 0 Å². The van der Waals surface area contributed by atoms with Crippen molar-refractivity contribution in [1.82, 2.24) is 19.5 Å². The first-order valence-corrected chi connectivity index (χ1v) is 8.53. The molecule has 9 nitrogen and oxygen atoms in total. The summed E-state index contributed by atoms with van der Waals surface area (Å²) in [7, 11) is 0. The predicted octanol–water partition coefficient (Wildman–Crippen LogP) is 2.03. The number of carboxylic acid groups (broad SMARTS) is 1. The van der Waals surface area contributed by atoms with Gasteiger partial charge in [0.05, 0.1) is 6.33 Å². The van der Waals surface area contributed by atoms with Gasteiger partial charge in [0.25, 0.3) is 5.91 Å². The molecule has 1 aromatic carbocycles. The molecule has 1 amide bonds. The van der Waals surface area contributed by atoms with Crippen molar-refractivity contribution >= 4 is 28.9 Å². The lowest BCUT2D eigenvalue weighted by Gasteiger charge is -2.15. The molecule has 10 heteroatoms. The predicted molar refractivity (Wildman–Crippen MR) is 95.3 cm³/mol. The number of alkyl halides is 1. The molecule has 1 aliphatic heterocycles. The van der Waals surface area contributed by atoms with Gasteiger partial charge in [-0.25, -0.2) is 24.1 Å². The number of amides is 1. The van der Waals surface area contributed by atoms with E-state index in [0.717, 1.165) is 0 Å². The zero-order chi connectivity index (χ0) is 19.8. The number of aromatic nitrogens is 4. The summed E-state index contributed by atoms with van der Waals surface area (Å²) in [6.45, 7) is 1.48. The summed E-state index contributed by atoms with van der Waals surface area (Å²) in [6, 6.07) is 8.57. The Morgan fingerprint density at radius 1 is 1.21 bits per heavy atom. The fourth-order valence-electron chi connectivity index (χ4n) is 3.18. The molecule has 2 N–H and O–H groups in total. The van der Waals surface area contributed by atoms with E-state index in [1.54, 1.807) is 30.3 Å². The monoisotopic (exact) mass is 385 g/mol. The average molecular weight is 385 g/mol. The number of halogens is 1. The van der Waals surface area contributed by atoms with Crippen molar-refractivity contribution < 1.29 is 23.8 Å². The lowest BCUT2D eigenvalue weighted by Crippen LogP contribution is -2.26. The number of ether oxygens (including phenoxy) is 1. The number of carbonyl (C=O) groups excluding carboxylic acids is 1. The lowest BCUT2D eigenvalue weighted by molar-refractivity contribution is -0.153. The molecule has 1 aliphatic rings. The number of carboxylic acids is 1. The molecule has 28 heavy (non-hydrogen) atoms. The fourth-order valence-corrected chi connectivity index (χ4v) is 3.18. The van der Waals surface area contributed by atoms with E-state index in [4.69, 9.17) is 4.74 Å². The van der Waals surface area contributed by atoms with E-state index < -0.39 is 30.4 Å². The molecule has 3 heterocycles. The Morgan fingerprint density at radius 3 is 2.64 bits per heavy atom. The zero-order valence-electron chi connectivity index (χ0n) is 14.7. The van der Waals surface area contributed by atoms with Crippen LogP contribution >= 0.6 is 0 Å². The van der Waals surface area contributed by atoms with E-state index in [2.05, 4.69) is 20.3 Å². The number of carbonyl (C=O) groups is 2. The summed E-state index contributed by atoms with van der Waals surface area (Å²) >= 11 is 0. The summed E-state index contributed by atoms with van der Waals surface area (Å²) in [4.78, 5) is 35.9. The van der Waals surface area contributed by atoms with Crippen molar-refractivity contribution in [3.63, 3.8) is 0 Å². The molecule has 0 aliphatic carbocycles. The first-order chi connectivity index (χ1) is 13.5. The highest BCUT2D eigenvalue weighted by atomic mass is 19.1. The van der Waals surface area contributed by atoms with Crippen LogP contribution in [0.15, 0.2) is 43.0 Å². The standard InChI is InChI=1S/C18H16FN5O4/c1-9-11(19)17(28-13(9)18(26)27)24-8-22-12-14(20-7-21-15(12)24)23-16(25)10-5-3-2-4-6-10/h2-9,11,13,17H,1H3,(H,26,27)(H,20,21,23,25)/t9-,11-,13-,17+/m0/s1. The van der Waals surface area contributed by atoms with Gasteiger partial charge in [0.15, 0.2) is 35.5 Å². The van der Waals surface area contributed by atoms with Gasteiger partial charge in [-0.3, -0.25) is 9.36 Å². The maximum absolute atomic E-state index is 14.7. The first kappa shape index (κ1) is 18.0. The Morgan fingerprint density at radius 2 is 1.96 bits per heavy atom. The van der Waals surface area contributed by atoms with Crippen LogP contribution in [-0.2, 0) is 9.53 Å². The normalized spacial score (nSPS) is 24.4. The topological polar surface area (TPSA) is 119 Å². The highest BCUT2D eigenvalue weighted by Crippen LogP contribution is 2.37. The van der Waals surface area contributed by atoms with Gasteiger partial charge in [-0.05, 0) is 12.1 Å². The Balaban J connectivity index is 1.66. The molecule has 4 atom stereocenters. The Bertz CT molecular complexity index is 1040. The second kappa shape index (κ2) is 6.97. The van der Waals surface area contributed by atoms with Crippen LogP contribution in [0.5, 0.6) is 0 Å². The number of nitrogens with zero attached hydrogens (tertiary/aromatic N) is 4. The Labute approximate surface area is 158 Å². The third-order valence-electron chi connectivity index (χ3n) is 4.68. The van der Waals surface area contributed by atoms with Gasteiger partial charge in [0.1, 0.15) is 6.33 Å². The molecule has 0 spiro atoms. The van der Waals surface area contributed by atoms with Gasteiger partial charge in [0, 0.05) is 11.5 Å². The summed E-state index contributed by atoms with van der Waals surface area (Å²) in [6.07, 6.45) is -1.51. The van der Waals surface area contributed by atoms with Crippen molar-refractivity contribution in [2.75, 3.05) is 5.32 Å². The summed E-state index contributed by atoms with van der Waals surface area (Å²) in [5, 5.41) is 11.8. The van der Waals surface area contributed by atoms with Crippen LogP contribution in [0, 0.1) is 5.92 Å². The lowest BCUT2D eigenvalue weighted by atomic mass is 10.0. The number of anilines is 1. The molecule has 0 bridgehead atoms. The zero-order valence-corrected chi connectivity index (χ0v) is 14.7. The highest BCUT2D eigenvalue weighted by molar-refractivity contribution is 6.06. The second-order valence-electron chi connectivity index (χ2n) is 6.46. The molecule has 144 valence electrons. The van der Waals surface area contributed by atoms with Crippen molar-refractivity contribution in [3.05, 3.63) is 48.5 Å². The van der Waals surface area contributed by atoms with E-state index in [9.17, 15) is 19.1 Å². The van der Waals surface area contributed by atoms with Gasteiger partial charge in [-0.2, -0.15) is 0 Å². The van der Waals surface area contributed by atoms with Crippen molar-refractivity contribution in [2.24, 2.45) is 5.92 Å². The Hall–Kier alpha value is -3.40. The molecular weight excluding hydrogens is 369 g/mol. The third-order valence-corrected chi connectivity index (χ3v) is 4.68. The summed E-state index contributed by atoms with van der Waals surface area (Å²) in [5.41, 5.74) is 0.910. The van der Waals surface area contributed by atoms with Crippen LogP contribution in [0.3, 0.4) is 0 Å². The quantitative estimate of drug-likeness (QED) is 0.705. The van der Waals surface area contributed by atoms with Gasteiger partial charge in [-0.15, -0.1) is 0 Å². The largest absolute Gasteiger partial charge is 0.479 e. The molecule has 0 radical (unpaired) electrons. The molecular formula is C18H16FN5O4. The van der Waals surface area contributed by atoms with Crippen molar-refractivity contribution in [1.29, 1.82) is 0 Å². The van der Waals surface area contributed by atoms with Crippen LogP contribution in [0.25, 0.3) is 11.2 Å². The first-order valence-electron chi connectivity index (χ1n) is 8.53. The van der Waals surface area contributed by atoms with Crippen molar-refractivity contribution in [2.45, 2.75) is 25.4 Å². The van der Waals surface area contributed by atoms with Gasteiger partial charge >= 0.3 is 5.97 Å². The molecule has 3 aromatic rings. The number of fused-ring (bicyclic) bond motifs is 1. The third kappa shape index (κ3) is 2.97. The van der Waals surface area contributed by atoms with Crippen LogP contribution in [0.1, 0.15) is 23.5 Å². The second-order valence-corrected chi connectivity index (χ2v) is 6.46. The molecule has 0 unspecified atom stereocenters. The summed E-state index contributed by atoms with van der Waals surface area (Å²) < 4.78 is 21.4. The molecule has 4 rings (SSSR count). The van der Waals surface area contributed by atoms with E-state index in [0.29, 0.717) is 5.56 Å². The van der Waals surface area contributed by atoms with Gasteiger partial charge < -0.3 is 15.2 Å². The number of benzene rings is 1. The number of nitrogens with one attached hydrogen (secondary N) is 1. The fraction of sp³-hybridized carbons (Fsp3) is 0.278. The minimum absolute atomic E-state index is 0.161. The molecule has 0 saturated carbocycles. The smallest absolute Gasteiger partial charge is 0.333 e. The van der Waals surface area contributed by atoms with E-state index in [-0.39, 0.29) is 22.9 Å². The highest BCUT2D eigenvalue weighted by Gasteiger charge is 2.47. The number of rotatable bonds is 4.